The first kappa shape index (κ1) is 14.2. The Hall–Kier alpha value is -0.170. The Balaban J connectivity index is 1.75. The highest BCUT2D eigenvalue weighted by atomic mass is 32.2. The van der Waals surface area contributed by atoms with Crippen molar-refractivity contribution in [1.82, 2.24) is 14.3 Å². The largest absolute Gasteiger partial charge is 0.314 e. The second-order valence-corrected chi connectivity index (χ2v) is 7.34. The molecule has 2 aliphatic rings. The lowest BCUT2D eigenvalue weighted by molar-refractivity contribution is 0.278. The van der Waals surface area contributed by atoms with Crippen LogP contribution in [0.15, 0.2) is 0 Å². The smallest absolute Gasteiger partial charge is 0.279 e. The number of rotatable bonds is 5. The van der Waals surface area contributed by atoms with Crippen LogP contribution in [0.4, 0.5) is 0 Å². The minimum absolute atomic E-state index is 0.479. The summed E-state index contributed by atoms with van der Waals surface area (Å²) < 4.78 is 28.5. The van der Waals surface area contributed by atoms with E-state index in [1.54, 1.807) is 4.31 Å². The van der Waals surface area contributed by atoms with Crippen LogP contribution >= 0.6 is 0 Å². The Morgan fingerprint density at radius 1 is 1.33 bits per heavy atom. The molecule has 5 nitrogen and oxygen atoms in total. The van der Waals surface area contributed by atoms with E-state index in [9.17, 15) is 8.42 Å². The van der Waals surface area contributed by atoms with Gasteiger partial charge in [0.2, 0.25) is 0 Å². The predicted molar refractivity (Wildman–Crippen MR) is 72.5 cm³/mol. The van der Waals surface area contributed by atoms with Crippen LogP contribution in [0.25, 0.3) is 0 Å². The molecule has 106 valence electrons. The molecule has 0 saturated carbocycles. The maximum atomic E-state index is 12.1. The molecular weight excluding hydrogens is 250 g/mol. The van der Waals surface area contributed by atoms with E-state index < -0.39 is 10.2 Å². The van der Waals surface area contributed by atoms with Gasteiger partial charge < -0.3 is 5.32 Å². The first-order valence-electron chi connectivity index (χ1n) is 7.06. The zero-order valence-corrected chi connectivity index (χ0v) is 12.0. The van der Waals surface area contributed by atoms with Crippen molar-refractivity contribution in [3.8, 4) is 0 Å². The summed E-state index contributed by atoms with van der Waals surface area (Å²) in [5.41, 5.74) is 0. The summed E-state index contributed by atoms with van der Waals surface area (Å²) in [5, 5.41) is 3.38. The second-order valence-electron chi connectivity index (χ2n) is 5.59. The van der Waals surface area contributed by atoms with Gasteiger partial charge >= 0.3 is 0 Å². The molecule has 2 heterocycles. The molecule has 0 bridgehead atoms. The van der Waals surface area contributed by atoms with Gasteiger partial charge in [-0.3, -0.25) is 0 Å². The van der Waals surface area contributed by atoms with Crippen molar-refractivity contribution in [1.29, 1.82) is 0 Å². The zero-order chi connectivity index (χ0) is 13.0. The molecule has 0 aromatic carbocycles. The third kappa shape index (κ3) is 3.91. The SMILES string of the molecule is CC1CCCN(S(=O)(=O)NCC[C@@H]2CCCN2)C1. The topological polar surface area (TPSA) is 61.4 Å². The molecule has 6 heteroatoms. The lowest BCUT2D eigenvalue weighted by atomic mass is 10.0. The highest BCUT2D eigenvalue weighted by molar-refractivity contribution is 7.87. The van der Waals surface area contributed by atoms with Gasteiger partial charge in [0.1, 0.15) is 0 Å². The minimum Gasteiger partial charge on any atom is -0.314 e. The highest BCUT2D eigenvalue weighted by Gasteiger charge is 2.26. The summed E-state index contributed by atoms with van der Waals surface area (Å²) in [6.45, 7) is 5.06. The number of nitrogens with one attached hydrogen (secondary N) is 2. The van der Waals surface area contributed by atoms with Crippen molar-refractivity contribution in [2.24, 2.45) is 5.92 Å². The van der Waals surface area contributed by atoms with E-state index in [0.29, 0.717) is 31.6 Å². The summed E-state index contributed by atoms with van der Waals surface area (Å²) in [6, 6.07) is 0.493. The zero-order valence-electron chi connectivity index (χ0n) is 11.2. The average Bonchev–Trinajstić information content (AvgIpc) is 2.82. The van der Waals surface area contributed by atoms with Crippen molar-refractivity contribution >= 4 is 10.2 Å². The maximum absolute atomic E-state index is 12.1. The molecule has 2 saturated heterocycles. The van der Waals surface area contributed by atoms with E-state index in [1.165, 1.54) is 12.8 Å². The van der Waals surface area contributed by atoms with Crippen LogP contribution in [0.3, 0.4) is 0 Å². The van der Waals surface area contributed by atoms with Gasteiger partial charge in [-0.15, -0.1) is 0 Å². The number of nitrogens with zero attached hydrogens (tertiary/aromatic N) is 1. The van der Waals surface area contributed by atoms with Gasteiger partial charge in [0.15, 0.2) is 0 Å². The Kier molecular flexibility index (Phi) is 5.00. The van der Waals surface area contributed by atoms with E-state index in [0.717, 1.165) is 25.8 Å². The molecule has 1 unspecified atom stereocenters. The van der Waals surface area contributed by atoms with Crippen LogP contribution < -0.4 is 10.0 Å². The first-order chi connectivity index (χ1) is 8.58. The van der Waals surface area contributed by atoms with Crippen LogP contribution in [-0.2, 0) is 10.2 Å². The normalized spacial score (nSPS) is 30.7. The summed E-state index contributed by atoms with van der Waals surface area (Å²) >= 11 is 0. The quantitative estimate of drug-likeness (QED) is 0.776. The fraction of sp³-hybridized carbons (Fsp3) is 1.00. The molecule has 0 amide bonds. The third-order valence-electron chi connectivity index (χ3n) is 3.90. The first-order valence-corrected chi connectivity index (χ1v) is 8.50. The molecule has 0 spiro atoms. The van der Waals surface area contributed by atoms with Gasteiger partial charge in [-0.1, -0.05) is 6.92 Å². The second kappa shape index (κ2) is 6.32. The lowest BCUT2D eigenvalue weighted by Crippen LogP contribution is -2.46. The van der Waals surface area contributed by atoms with Gasteiger partial charge in [0.25, 0.3) is 10.2 Å². The Morgan fingerprint density at radius 3 is 2.83 bits per heavy atom. The molecule has 18 heavy (non-hydrogen) atoms. The molecule has 2 aliphatic heterocycles. The minimum atomic E-state index is -3.25. The van der Waals surface area contributed by atoms with Gasteiger partial charge in [0, 0.05) is 25.7 Å². The van der Waals surface area contributed by atoms with Crippen molar-refractivity contribution in [3.63, 3.8) is 0 Å². The average molecular weight is 275 g/mol. The molecule has 2 N–H and O–H groups in total. The molecule has 0 aliphatic carbocycles. The van der Waals surface area contributed by atoms with Crippen LogP contribution in [0.2, 0.25) is 0 Å². The van der Waals surface area contributed by atoms with Crippen LogP contribution in [0.5, 0.6) is 0 Å². The summed E-state index contributed by atoms with van der Waals surface area (Å²) in [7, 11) is -3.25. The summed E-state index contributed by atoms with van der Waals surface area (Å²) in [4.78, 5) is 0. The molecule has 2 rings (SSSR count). The molecule has 0 aromatic rings. The molecule has 2 atom stereocenters. The molecule has 0 radical (unpaired) electrons. The fourth-order valence-electron chi connectivity index (χ4n) is 2.82. The number of hydrogen-bond acceptors (Lipinski definition) is 3. The van der Waals surface area contributed by atoms with Gasteiger partial charge in [-0.2, -0.15) is 12.7 Å². The van der Waals surface area contributed by atoms with Gasteiger partial charge in [-0.25, -0.2) is 4.72 Å². The van der Waals surface area contributed by atoms with E-state index in [2.05, 4.69) is 17.0 Å². The molecular formula is C12H25N3O2S. The van der Waals surface area contributed by atoms with Gasteiger partial charge in [0.05, 0.1) is 0 Å². The standard InChI is InChI=1S/C12H25N3O2S/c1-11-4-3-9-15(10-11)18(16,17)14-8-6-12-5-2-7-13-12/h11-14H,2-10H2,1H3/t11?,12-/m0/s1. The molecule has 2 fully saturated rings. The van der Waals surface area contributed by atoms with Gasteiger partial charge in [-0.05, 0) is 44.6 Å². The summed E-state index contributed by atoms with van der Waals surface area (Å²) in [6.07, 6.45) is 5.39. The molecule has 0 aromatic heterocycles. The van der Waals surface area contributed by atoms with Crippen LogP contribution in [0, 0.1) is 5.92 Å². The maximum Gasteiger partial charge on any atom is 0.279 e. The predicted octanol–water partition coefficient (Wildman–Crippen LogP) is 0.695. The van der Waals surface area contributed by atoms with Crippen LogP contribution in [0.1, 0.15) is 39.0 Å². The Bertz CT molecular complexity index is 352. The van der Waals surface area contributed by atoms with Crippen molar-refractivity contribution in [2.75, 3.05) is 26.2 Å². The van der Waals surface area contributed by atoms with Crippen molar-refractivity contribution in [2.45, 2.75) is 45.1 Å². The van der Waals surface area contributed by atoms with Crippen molar-refractivity contribution in [3.05, 3.63) is 0 Å². The third-order valence-corrected chi connectivity index (χ3v) is 5.48. The Labute approximate surface area is 110 Å². The summed E-state index contributed by atoms with van der Waals surface area (Å²) in [5.74, 6) is 0.479. The van der Waals surface area contributed by atoms with E-state index >= 15 is 0 Å². The van der Waals surface area contributed by atoms with Crippen LogP contribution in [-0.4, -0.2) is 44.9 Å². The van der Waals surface area contributed by atoms with E-state index in [4.69, 9.17) is 0 Å². The highest BCUT2D eigenvalue weighted by Crippen LogP contribution is 2.17. The van der Waals surface area contributed by atoms with E-state index in [1.807, 2.05) is 0 Å². The Morgan fingerprint density at radius 2 is 2.17 bits per heavy atom. The monoisotopic (exact) mass is 275 g/mol. The van der Waals surface area contributed by atoms with E-state index in [-0.39, 0.29) is 0 Å². The fourth-order valence-corrected chi connectivity index (χ4v) is 4.20. The van der Waals surface area contributed by atoms with Crippen molar-refractivity contribution < 1.29 is 8.42 Å². The lowest BCUT2D eigenvalue weighted by Gasteiger charge is -2.30. The number of piperidine rings is 1. The number of hydrogen-bond donors (Lipinski definition) is 2.